The number of aromatic nitrogens is 2. The lowest BCUT2D eigenvalue weighted by Gasteiger charge is -2.03. The quantitative estimate of drug-likeness (QED) is 0.801. The lowest BCUT2D eigenvalue weighted by molar-refractivity contribution is 0.600. The summed E-state index contributed by atoms with van der Waals surface area (Å²) in [5.41, 5.74) is 2.08. The van der Waals surface area contributed by atoms with Gasteiger partial charge in [-0.05, 0) is 42.6 Å². The Morgan fingerprint density at radius 2 is 2.31 bits per heavy atom. The molecular formula is C12H13ClN2S. The molecular weight excluding hydrogens is 240 g/mol. The van der Waals surface area contributed by atoms with Gasteiger partial charge in [-0.3, -0.25) is 0 Å². The van der Waals surface area contributed by atoms with Gasteiger partial charge in [-0.2, -0.15) is 0 Å². The SMILES string of the molecule is CC1CC1Cn1c(=S)[nH]c2c(Cl)cccc21. The minimum Gasteiger partial charge on any atom is -0.329 e. The number of halogens is 1. The Kier molecular flexibility index (Phi) is 2.33. The molecule has 0 radical (unpaired) electrons. The zero-order valence-electron chi connectivity index (χ0n) is 9.03. The monoisotopic (exact) mass is 252 g/mol. The largest absolute Gasteiger partial charge is 0.329 e. The molecule has 2 aromatic rings. The number of H-pyrrole nitrogens is 1. The minimum absolute atomic E-state index is 0.742. The zero-order valence-corrected chi connectivity index (χ0v) is 10.6. The van der Waals surface area contributed by atoms with E-state index in [1.807, 2.05) is 12.1 Å². The van der Waals surface area contributed by atoms with Crippen LogP contribution in [0, 0.1) is 16.6 Å². The van der Waals surface area contributed by atoms with Crippen molar-refractivity contribution in [3.05, 3.63) is 28.0 Å². The summed E-state index contributed by atoms with van der Waals surface area (Å²) in [6.07, 6.45) is 1.31. The molecule has 84 valence electrons. The van der Waals surface area contributed by atoms with Gasteiger partial charge in [0.15, 0.2) is 4.77 Å². The molecule has 1 heterocycles. The maximum Gasteiger partial charge on any atom is 0.178 e. The van der Waals surface area contributed by atoms with Gasteiger partial charge in [0, 0.05) is 6.54 Å². The van der Waals surface area contributed by atoms with Crippen LogP contribution in [0.25, 0.3) is 11.0 Å². The van der Waals surface area contributed by atoms with Crippen LogP contribution in [0.15, 0.2) is 18.2 Å². The zero-order chi connectivity index (χ0) is 11.3. The molecule has 1 aliphatic carbocycles. The molecule has 3 rings (SSSR count). The van der Waals surface area contributed by atoms with Crippen molar-refractivity contribution in [2.45, 2.75) is 19.9 Å². The van der Waals surface area contributed by atoms with Crippen LogP contribution >= 0.6 is 23.8 Å². The van der Waals surface area contributed by atoms with Gasteiger partial charge in [0.2, 0.25) is 0 Å². The summed E-state index contributed by atoms with van der Waals surface area (Å²) in [4.78, 5) is 3.19. The van der Waals surface area contributed by atoms with Crippen LogP contribution in [0.4, 0.5) is 0 Å². The molecule has 1 saturated carbocycles. The first kappa shape index (κ1) is 10.4. The lowest BCUT2D eigenvalue weighted by Crippen LogP contribution is -2.00. The summed E-state index contributed by atoms with van der Waals surface area (Å²) >= 11 is 11.5. The summed E-state index contributed by atoms with van der Waals surface area (Å²) in [5, 5.41) is 0.742. The van der Waals surface area contributed by atoms with E-state index in [0.29, 0.717) is 0 Å². The normalized spacial score (nSPS) is 23.9. The standard InChI is InChI=1S/C12H13ClN2S/c1-7-5-8(7)6-15-10-4-2-3-9(13)11(10)14-12(15)16/h2-4,7-8H,5-6H2,1H3,(H,14,16). The Hall–Kier alpha value is -0.800. The molecule has 0 aliphatic heterocycles. The van der Waals surface area contributed by atoms with Crippen LogP contribution in [-0.4, -0.2) is 9.55 Å². The first-order chi connectivity index (χ1) is 7.66. The molecule has 1 aliphatic rings. The molecule has 4 heteroatoms. The number of hydrogen-bond donors (Lipinski definition) is 1. The third-order valence-corrected chi connectivity index (χ3v) is 4.09. The number of benzene rings is 1. The number of fused-ring (bicyclic) bond motifs is 1. The van der Waals surface area contributed by atoms with Crippen molar-refractivity contribution in [1.82, 2.24) is 9.55 Å². The van der Waals surface area contributed by atoms with Crippen molar-refractivity contribution < 1.29 is 0 Å². The number of hydrogen-bond acceptors (Lipinski definition) is 1. The highest BCUT2D eigenvalue weighted by Gasteiger charge is 2.33. The van der Waals surface area contributed by atoms with Crippen LogP contribution in [-0.2, 0) is 6.54 Å². The lowest BCUT2D eigenvalue weighted by atomic mass is 10.3. The highest BCUT2D eigenvalue weighted by atomic mass is 35.5. The van der Waals surface area contributed by atoms with Gasteiger partial charge in [0.25, 0.3) is 0 Å². The summed E-state index contributed by atoms with van der Waals surface area (Å²) < 4.78 is 2.95. The molecule has 16 heavy (non-hydrogen) atoms. The maximum atomic E-state index is 6.13. The Bertz CT molecular complexity index is 599. The van der Waals surface area contributed by atoms with Crippen LogP contribution in [0.3, 0.4) is 0 Å². The van der Waals surface area contributed by atoms with E-state index >= 15 is 0 Å². The van der Waals surface area contributed by atoms with Gasteiger partial charge in [0.1, 0.15) is 0 Å². The third kappa shape index (κ3) is 1.59. The highest BCUT2D eigenvalue weighted by Crippen LogP contribution is 2.39. The van der Waals surface area contributed by atoms with E-state index in [4.69, 9.17) is 23.8 Å². The van der Waals surface area contributed by atoms with Crippen LogP contribution in [0.2, 0.25) is 5.02 Å². The first-order valence-corrected chi connectivity index (χ1v) is 6.32. The fourth-order valence-electron chi connectivity index (χ4n) is 2.21. The van der Waals surface area contributed by atoms with E-state index in [1.165, 1.54) is 6.42 Å². The number of aromatic amines is 1. The van der Waals surface area contributed by atoms with Gasteiger partial charge >= 0.3 is 0 Å². The molecule has 2 unspecified atom stereocenters. The Morgan fingerprint density at radius 1 is 1.56 bits per heavy atom. The van der Waals surface area contributed by atoms with Gasteiger partial charge in [-0.15, -0.1) is 0 Å². The molecule has 2 nitrogen and oxygen atoms in total. The maximum absolute atomic E-state index is 6.13. The highest BCUT2D eigenvalue weighted by molar-refractivity contribution is 7.71. The van der Waals surface area contributed by atoms with E-state index < -0.39 is 0 Å². The van der Waals surface area contributed by atoms with E-state index in [2.05, 4.69) is 22.5 Å². The van der Waals surface area contributed by atoms with Crippen LogP contribution in [0.1, 0.15) is 13.3 Å². The van der Waals surface area contributed by atoms with Crippen molar-refractivity contribution in [1.29, 1.82) is 0 Å². The van der Waals surface area contributed by atoms with Gasteiger partial charge in [-0.1, -0.05) is 24.6 Å². The number of imidazole rings is 1. The third-order valence-electron chi connectivity index (χ3n) is 3.45. The Morgan fingerprint density at radius 3 is 3.00 bits per heavy atom. The number of nitrogens with one attached hydrogen (secondary N) is 1. The molecule has 1 aromatic heterocycles. The fourth-order valence-corrected chi connectivity index (χ4v) is 2.71. The Balaban J connectivity index is 2.12. The second kappa shape index (κ2) is 3.60. The first-order valence-electron chi connectivity index (χ1n) is 5.54. The Labute approximate surface area is 104 Å². The van der Waals surface area contributed by atoms with Gasteiger partial charge in [0.05, 0.1) is 16.1 Å². The topological polar surface area (TPSA) is 20.7 Å². The second-order valence-electron chi connectivity index (χ2n) is 4.65. The number of nitrogens with zero attached hydrogens (tertiary/aromatic N) is 1. The predicted octanol–water partition coefficient (Wildman–Crippen LogP) is 4.01. The summed E-state index contributed by atoms with van der Waals surface area (Å²) in [6.45, 7) is 3.30. The van der Waals surface area contributed by atoms with Crippen molar-refractivity contribution in [3.63, 3.8) is 0 Å². The van der Waals surface area contributed by atoms with Crippen molar-refractivity contribution >= 4 is 34.9 Å². The smallest absolute Gasteiger partial charge is 0.178 e. The molecule has 1 aromatic carbocycles. The van der Waals surface area contributed by atoms with Crippen molar-refractivity contribution in [2.75, 3.05) is 0 Å². The average molecular weight is 253 g/mol. The minimum atomic E-state index is 0.742. The molecule has 0 saturated heterocycles. The van der Waals surface area contributed by atoms with E-state index in [0.717, 1.165) is 39.2 Å². The second-order valence-corrected chi connectivity index (χ2v) is 5.44. The number of para-hydroxylation sites is 1. The van der Waals surface area contributed by atoms with E-state index in [-0.39, 0.29) is 0 Å². The van der Waals surface area contributed by atoms with Crippen LogP contribution in [0.5, 0.6) is 0 Å². The van der Waals surface area contributed by atoms with Gasteiger partial charge < -0.3 is 9.55 Å². The molecule has 2 atom stereocenters. The van der Waals surface area contributed by atoms with E-state index in [9.17, 15) is 0 Å². The van der Waals surface area contributed by atoms with Crippen molar-refractivity contribution in [2.24, 2.45) is 11.8 Å². The summed E-state index contributed by atoms with van der Waals surface area (Å²) in [5.74, 6) is 1.62. The fraction of sp³-hybridized carbons (Fsp3) is 0.417. The predicted molar refractivity (Wildman–Crippen MR) is 69.4 cm³/mol. The molecule has 0 bridgehead atoms. The van der Waals surface area contributed by atoms with Crippen LogP contribution < -0.4 is 0 Å². The molecule has 0 amide bonds. The molecule has 1 fully saturated rings. The summed E-state index contributed by atoms with van der Waals surface area (Å²) in [7, 11) is 0. The molecule has 0 spiro atoms. The van der Waals surface area contributed by atoms with Crippen molar-refractivity contribution in [3.8, 4) is 0 Å². The summed E-state index contributed by atoms with van der Waals surface area (Å²) in [6, 6.07) is 5.93. The number of rotatable bonds is 2. The van der Waals surface area contributed by atoms with E-state index in [1.54, 1.807) is 0 Å². The molecule has 1 N–H and O–H groups in total. The average Bonchev–Trinajstić information content (AvgIpc) is 2.84. The van der Waals surface area contributed by atoms with Gasteiger partial charge in [-0.25, -0.2) is 0 Å².